The second-order valence-corrected chi connectivity index (χ2v) is 9.37. The van der Waals surface area contributed by atoms with Crippen LogP contribution in [0.15, 0.2) is 61.1 Å². The Bertz CT molecular complexity index is 1390. The van der Waals surface area contributed by atoms with Crippen molar-refractivity contribution in [3.8, 4) is 22.4 Å². The molecule has 3 saturated heterocycles. The van der Waals surface area contributed by atoms with Crippen molar-refractivity contribution in [2.24, 2.45) is 5.92 Å². The van der Waals surface area contributed by atoms with Crippen LogP contribution in [0.2, 0.25) is 0 Å². The van der Waals surface area contributed by atoms with Gasteiger partial charge in [0.1, 0.15) is 17.2 Å². The Morgan fingerprint density at radius 3 is 2.68 bits per heavy atom. The van der Waals surface area contributed by atoms with Gasteiger partial charge in [0.25, 0.3) is 5.91 Å². The van der Waals surface area contributed by atoms with Gasteiger partial charge in [-0.25, -0.2) is 9.37 Å². The van der Waals surface area contributed by atoms with Gasteiger partial charge in [-0.1, -0.05) is 6.07 Å². The van der Waals surface area contributed by atoms with Crippen LogP contribution in [-0.4, -0.2) is 50.9 Å². The molecule has 6 heterocycles. The number of halogens is 1. The lowest BCUT2D eigenvalue weighted by Gasteiger charge is -2.44. The molecular weight excluding hydrogens is 429 g/mol. The number of aryl methyl sites for hydroxylation is 1. The lowest BCUT2D eigenvalue weighted by molar-refractivity contribution is 0.0617. The summed E-state index contributed by atoms with van der Waals surface area (Å²) in [5.74, 6) is 0.226. The molecule has 34 heavy (non-hydrogen) atoms. The number of benzene rings is 1. The summed E-state index contributed by atoms with van der Waals surface area (Å²) in [5.41, 5.74) is 5.25. The minimum absolute atomic E-state index is 0.0935. The van der Waals surface area contributed by atoms with E-state index in [0.717, 1.165) is 54.9 Å². The smallest absolute Gasteiger partial charge is 0.270 e. The van der Waals surface area contributed by atoms with Crippen LogP contribution in [0.4, 0.5) is 4.39 Å². The highest BCUT2D eigenvalue weighted by molar-refractivity contribution is 5.94. The van der Waals surface area contributed by atoms with Crippen LogP contribution in [0, 0.1) is 18.7 Å². The molecule has 0 spiro atoms. The number of hydrogen-bond donors (Lipinski definition) is 1. The second kappa shape index (κ2) is 8.33. The summed E-state index contributed by atoms with van der Waals surface area (Å²) in [4.78, 5) is 24.7. The number of pyridine rings is 2. The van der Waals surface area contributed by atoms with Gasteiger partial charge < -0.3 is 10.2 Å². The lowest BCUT2D eigenvalue weighted by Crippen LogP contribution is -2.57. The van der Waals surface area contributed by atoms with E-state index in [0.29, 0.717) is 22.8 Å². The highest BCUT2D eigenvalue weighted by atomic mass is 19.1. The fourth-order valence-electron chi connectivity index (χ4n) is 5.34. The molecule has 3 aliphatic rings. The number of aromatic nitrogens is 3. The Hall–Kier alpha value is -3.58. The van der Waals surface area contributed by atoms with Crippen molar-refractivity contribution in [3.63, 3.8) is 0 Å². The molecule has 3 aliphatic heterocycles. The summed E-state index contributed by atoms with van der Waals surface area (Å²) in [6, 6.07) is 13.0. The van der Waals surface area contributed by atoms with E-state index >= 15 is 0 Å². The molecule has 7 rings (SSSR count). The van der Waals surface area contributed by atoms with Gasteiger partial charge in [-0.3, -0.25) is 14.2 Å². The molecule has 7 heteroatoms. The van der Waals surface area contributed by atoms with Gasteiger partial charge >= 0.3 is 0 Å². The van der Waals surface area contributed by atoms with E-state index in [4.69, 9.17) is 0 Å². The topological polar surface area (TPSA) is 62.5 Å². The number of nitrogens with zero attached hydrogens (tertiary/aromatic N) is 4. The van der Waals surface area contributed by atoms with Crippen molar-refractivity contribution in [2.75, 3.05) is 19.6 Å². The van der Waals surface area contributed by atoms with Gasteiger partial charge in [-0.15, -0.1) is 0 Å². The van der Waals surface area contributed by atoms with Crippen molar-refractivity contribution in [2.45, 2.75) is 25.8 Å². The van der Waals surface area contributed by atoms with Crippen molar-refractivity contribution in [1.82, 2.24) is 24.6 Å². The Morgan fingerprint density at radius 1 is 1.09 bits per heavy atom. The Labute approximate surface area is 197 Å². The highest BCUT2D eigenvalue weighted by Gasteiger charge is 2.35. The molecule has 172 valence electrons. The van der Waals surface area contributed by atoms with Gasteiger partial charge in [0.05, 0.1) is 11.9 Å². The Kier molecular flexibility index (Phi) is 5.14. The molecule has 2 bridgehead atoms. The molecule has 0 aliphatic carbocycles. The maximum atomic E-state index is 13.8. The third-order valence-electron chi connectivity index (χ3n) is 7.26. The first-order chi connectivity index (χ1) is 16.6. The number of piperidine rings is 3. The van der Waals surface area contributed by atoms with E-state index in [9.17, 15) is 9.18 Å². The van der Waals surface area contributed by atoms with Crippen LogP contribution in [0.1, 0.15) is 28.9 Å². The number of carbonyl (C=O) groups is 1. The van der Waals surface area contributed by atoms with E-state index in [1.807, 2.05) is 40.9 Å². The molecule has 1 aromatic carbocycles. The molecule has 3 aromatic heterocycles. The first-order valence-corrected chi connectivity index (χ1v) is 11.8. The maximum Gasteiger partial charge on any atom is 0.270 e. The average Bonchev–Trinajstić information content (AvgIpc) is 3.30. The standard InChI is InChI=1S/C27H26FN5O/c1-17-13-19(4-6-22(17)28)26-21(3-2-10-29-26)20-5-7-25-30-14-24(33(25)15-20)27(34)31-23-16-32-11-8-18(23)9-12-32/h2-7,10,13-15,18,23H,8-9,11-12,16H2,1H3,(H,31,34)/t23-/m0/s1. The second-order valence-electron chi connectivity index (χ2n) is 9.37. The third kappa shape index (κ3) is 3.66. The fraction of sp³-hybridized carbons (Fsp3) is 0.296. The van der Waals surface area contributed by atoms with Crippen molar-refractivity contribution in [3.05, 3.63) is 78.1 Å². The summed E-state index contributed by atoms with van der Waals surface area (Å²) >= 11 is 0. The predicted molar refractivity (Wildman–Crippen MR) is 129 cm³/mol. The number of imidazole rings is 1. The zero-order chi connectivity index (χ0) is 23.2. The number of amides is 1. The molecule has 0 saturated carbocycles. The average molecular weight is 456 g/mol. The summed E-state index contributed by atoms with van der Waals surface area (Å²) in [5, 5.41) is 3.26. The SMILES string of the molecule is Cc1cc(-c2ncccc2-c2ccc3ncc(C(=O)N[C@H]4CN5CCC4CC5)n3c2)ccc1F. The van der Waals surface area contributed by atoms with E-state index in [-0.39, 0.29) is 17.8 Å². The minimum atomic E-state index is -0.236. The number of fused-ring (bicyclic) bond motifs is 4. The number of nitrogens with one attached hydrogen (secondary N) is 1. The monoisotopic (exact) mass is 455 g/mol. The molecular formula is C27H26FN5O. The van der Waals surface area contributed by atoms with E-state index in [1.165, 1.54) is 6.07 Å². The number of hydrogen-bond acceptors (Lipinski definition) is 4. The molecule has 3 fully saturated rings. The van der Waals surface area contributed by atoms with Gasteiger partial charge in [0, 0.05) is 41.7 Å². The fourth-order valence-corrected chi connectivity index (χ4v) is 5.34. The van der Waals surface area contributed by atoms with Crippen molar-refractivity contribution in [1.29, 1.82) is 0 Å². The first-order valence-electron chi connectivity index (χ1n) is 11.8. The van der Waals surface area contributed by atoms with Crippen LogP contribution in [0.3, 0.4) is 0 Å². The van der Waals surface area contributed by atoms with Crippen molar-refractivity contribution < 1.29 is 9.18 Å². The van der Waals surface area contributed by atoms with Crippen LogP contribution in [0.5, 0.6) is 0 Å². The van der Waals surface area contributed by atoms with Crippen molar-refractivity contribution >= 4 is 11.6 Å². The quantitative estimate of drug-likeness (QED) is 0.498. The molecule has 0 unspecified atom stereocenters. The predicted octanol–water partition coefficient (Wildman–Crippen LogP) is 4.33. The summed E-state index contributed by atoms with van der Waals surface area (Å²) < 4.78 is 15.7. The highest BCUT2D eigenvalue weighted by Crippen LogP contribution is 2.32. The summed E-state index contributed by atoms with van der Waals surface area (Å²) in [6.45, 7) is 4.95. The van der Waals surface area contributed by atoms with Crippen LogP contribution >= 0.6 is 0 Å². The number of rotatable bonds is 4. The van der Waals surface area contributed by atoms with Crippen LogP contribution in [0.25, 0.3) is 28.0 Å². The molecule has 1 atom stereocenters. The largest absolute Gasteiger partial charge is 0.346 e. The Morgan fingerprint density at radius 2 is 1.91 bits per heavy atom. The lowest BCUT2D eigenvalue weighted by atomic mass is 9.84. The van der Waals surface area contributed by atoms with Crippen LogP contribution < -0.4 is 5.32 Å². The van der Waals surface area contributed by atoms with E-state index < -0.39 is 0 Å². The zero-order valence-electron chi connectivity index (χ0n) is 19.0. The molecule has 0 radical (unpaired) electrons. The zero-order valence-corrected chi connectivity index (χ0v) is 19.0. The minimum Gasteiger partial charge on any atom is -0.346 e. The van der Waals surface area contributed by atoms with Gasteiger partial charge in [-0.05, 0) is 80.7 Å². The third-order valence-corrected chi connectivity index (χ3v) is 7.26. The first kappa shape index (κ1) is 21.0. The summed E-state index contributed by atoms with van der Waals surface area (Å²) in [7, 11) is 0. The molecule has 6 nitrogen and oxygen atoms in total. The molecule has 4 aromatic rings. The van der Waals surface area contributed by atoms with E-state index in [2.05, 4.69) is 20.2 Å². The van der Waals surface area contributed by atoms with Gasteiger partial charge in [0.2, 0.25) is 0 Å². The van der Waals surface area contributed by atoms with Crippen LogP contribution in [-0.2, 0) is 0 Å². The summed E-state index contributed by atoms with van der Waals surface area (Å²) in [6.07, 6.45) is 7.61. The molecule has 1 N–H and O–H groups in total. The normalized spacial score (nSPS) is 21.6. The van der Waals surface area contributed by atoms with E-state index in [1.54, 1.807) is 25.4 Å². The Balaban J connectivity index is 1.35. The number of carbonyl (C=O) groups excluding carboxylic acids is 1. The van der Waals surface area contributed by atoms with Gasteiger partial charge in [-0.2, -0.15) is 0 Å². The maximum absolute atomic E-state index is 13.8. The van der Waals surface area contributed by atoms with Gasteiger partial charge in [0.15, 0.2) is 0 Å². The molecule has 1 amide bonds.